The highest BCUT2D eigenvalue weighted by molar-refractivity contribution is 5.79. The number of hydrogen-bond donors (Lipinski definition) is 1. The molecule has 1 fully saturated rings. The second-order valence-corrected chi connectivity index (χ2v) is 7.63. The van der Waals surface area contributed by atoms with Crippen molar-refractivity contribution >= 4 is 11.9 Å². The molecular weight excluding hydrogens is 368 g/mol. The Morgan fingerprint density at radius 2 is 1.90 bits per heavy atom. The molecule has 6 nitrogen and oxygen atoms in total. The zero-order valence-electron chi connectivity index (χ0n) is 17.0. The number of benzene rings is 2. The molecule has 1 aliphatic heterocycles. The molecular formula is C23H28N2O4. The molecule has 3 rings (SSSR count). The lowest BCUT2D eigenvalue weighted by atomic mass is 10.1. The second kappa shape index (κ2) is 9.56. The van der Waals surface area contributed by atoms with Crippen LogP contribution in [0.2, 0.25) is 0 Å². The lowest BCUT2D eigenvalue weighted by molar-refractivity contribution is -0.139. The number of nitrogens with zero attached hydrogens (tertiary/aromatic N) is 2. The fourth-order valence-electron chi connectivity index (χ4n) is 3.77. The van der Waals surface area contributed by atoms with Gasteiger partial charge in [0, 0.05) is 37.8 Å². The first-order chi connectivity index (χ1) is 13.9. The summed E-state index contributed by atoms with van der Waals surface area (Å²) >= 11 is 0. The lowest BCUT2D eigenvalue weighted by Gasteiger charge is -2.40. The Morgan fingerprint density at radius 1 is 1.14 bits per heavy atom. The zero-order valence-corrected chi connectivity index (χ0v) is 17.0. The van der Waals surface area contributed by atoms with Gasteiger partial charge in [-0.05, 0) is 25.5 Å². The zero-order chi connectivity index (χ0) is 20.8. The molecule has 0 spiro atoms. The van der Waals surface area contributed by atoms with Crippen LogP contribution in [0.15, 0.2) is 48.5 Å². The molecule has 0 aromatic heterocycles. The van der Waals surface area contributed by atoms with Crippen molar-refractivity contribution in [1.29, 1.82) is 0 Å². The molecule has 1 saturated heterocycles. The molecule has 2 aromatic rings. The van der Waals surface area contributed by atoms with Gasteiger partial charge in [-0.25, -0.2) is 4.79 Å². The Balaban J connectivity index is 1.60. The Labute approximate surface area is 171 Å². The van der Waals surface area contributed by atoms with E-state index in [-0.39, 0.29) is 18.6 Å². The summed E-state index contributed by atoms with van der Waals surface area (Å²) < 4.78 is 5.46. The van der Waals surface area contributed by atoms with Crippen LogP contribution < -0.4 is 4.74 Å². The summed E-state index contributed by atoms with van der Waals surface area (Å²) in [4.78, 5) is 27.8. The molecule has 29 heavy (non-hydrogen) atoms. The highest BCUT2D eigenvalue weighted by Crippen LogP contribution is 2.23. The third kappa shape index (κ3) is 5.81. The molecule has 2 aromatic carbocycles. The number of aryl methyl sites for hydroxylation is 1. The van der Waals surface area contributed by atoms with Gasteiger partial charge in [-0.3, -0.25) is 9.69 Å². The van der Waals surface area contributed by atoms with Gasteiger partial charge in [0.15, 0.2) is 6.61 Å². The highest BCUT2D eigenvalue weighted by Gasteiger charge is 2.27. The van der Waals surface area contributed by atoms with Crippen LogP contribution in [0.1, 0.15) is 23.6 Å². The average molecular weight is 396 g/mol. The number of carbonyl (C=O) groups is 2. The third-order valence-corrected chi connectivity index (χ3v) is 5.19. The Kier molecular flexibility index (Phi) is 6.88. The van der Waals surface area contributed by atoms with E-state index >= 15 is 0 Å². The summed E-state index contributed by atoms with van der Waals surface area (Å²) in [5, 5.41) is 8.89. The van der Waals surface area contributed by atoms with Gasteiger partial charge < -0.3 is 14.7 Å². The van der Waals surface area contributed by atoms with E-state index in [0.29, 0.717) is 25.3 Å². The van der Waals surface area contributed by atoms with Crippen LogP contribution in [-0.2, 0) is 22.6 Å². The van der Waals surface area contributed by atoms with Crippen molar-refractivity contribution in [1.82, 2.24) is 9.80 Å². The van der Waals surface area contributed by atoms with Gasteiger partial charge in [0.2, 0.25) is 5.91 Å². The standard InChI is InChI=1S/C23H28N2O4/c1-17-8-9-21(29-16-23(27)28)20(12-17)15-24-10-11-25(18(2)14-24)22(26)13-19-6-4-3-5-7-19/h3-9,12,18H,10-11,13-16H2,1-2H3,(H,27,28)/t18-/m0/s1. The van der Waals surface area contributed by atoms with Gasteiger partial charge in [-0.1, -0.05) is 48.0 Å². The first kappa shape index (κ1) is 20.9. The van der Waals surface area contributed by atoms with Crippen molar-refractivity contribution in [2.45, 2.75) is 32.9 Å². The molecule has 1 N–H and O–H groups in total. The maximum absolute atomic E-state index is 12.7. The number of carboxylic acid groups (broad SMARTS) is 1. The van der Waals surface area contributed by atoms with E-state index in [1.807, 2.05) is 60.4 Å². The predicted molar refractivity (Wildman–Crippen MR) is 111 cm³/mol. The van der Waals surface area contributed by atoms with Crippen molar-refractivity contribution in [2.24, 2.45) is 0 Å². The fraction of sp³-hybridized carbons (Fsp3) is 0.391. The van der Waals surface area contributed by atoms with Gasteiger partial charge in [-0.15, -0.1) is 0 Å². The quantitative estimate of drug-likeness (QED) is 0.779. The summed E-state index contributed by atoms with van der Waals surface area (Å²) in [7, 11) is 0. The van der Waals surface area contributed by atoms with E-state index in [9.17, 15) is 9.59 Å². The third-order valence-electron chi connectivity index (χ3n) is 5.19. The van der Waals surface area contributed by atoms with Crippen molar-refractivity contribution < 1.29 is 19.4 Å². The largest absolute Gasteiger partial charge is 0.482 e. The molecule has 0 radical (unpaired) electrons. The SMILES string of the molecule is Cc1ccc(OCC(=O)O)c(CN2CCN(C(=O)Cc3ccccc3)[C@@H](C)C2)c1. The van der Waals surface area contributed by atoms with Crippen LogP contribution in [0.3, 0.4) is 0 Å². The minimum absolute atomic E-state index is 0.119. The van der Waals surface area contributed by atoms with Crippen LogP contribution >= 0.6 is 0 Å². The molecule has 6 heteroatoms. The normalized spacial score (nSPS) is 17.2. The van der Waals surface area contributed by atoms with E-state index in [4.69, 9.17) is 9.84 Å². The molecule has 1 aliphatic rings. The molecule has 1 amide bonds. The monoisotopic (exact) mass is 396 g/mol. The first-order valence-electron chi connectivity index (χ1n) is 9.92. The molecule has 0 aliphatic carbocycles. The molecule has 0 saturated carbocycles. The molecule has 0 bridgehead atoms. The van der Waals surface area contributed by atoms with Crippen molar-refractivity contribution in [3.8, 4) is 5.75 Å². The fourth-order valence-corrected chi connectivity index (χ4v) is 3.77. The highest BCUT2D eigenvalue weighted by atomic mass is 16.5. The summed E-state index contributed by atoms with van der Waals surface area (Å²) in [6.45, 7) is 6.63. The van der Waals surface area contributed by atoms with Crippen LogP contribution in [0.25, 0.3) is 0 Å². The van der Waals surface area contributed by atoms with Gasteiger partial charge in [0.25, 0.3) is 0 Å². The van der Waals surface area contributed by atoms with Gasteiger partial charge in [0.05, 0.1) is 6.42 Å². The summed E-state index contributed by atoms with van der Waals surface area (Å²) in [6.07, 6.45) is 0.427. The Bertz CT molecular complexity index is 853. The summed E-state index contributed by atoms with van der Waals surface area (Å²) in [5.74, 6) is -0.228. The topological polar surface area (TPSA) is 70.1 Å². The van der Waals surface area contributed by atoms with Crippen LogP contribution in [0.4, 0.5) is 0 Å². The number of hydrogen-bond acceptors (Lipinski definition) is 4. The van der Waals surface area contributed by atoms with Crippen LogP contribution in [-0.4, -0.2) is 59.1 Å². The van der Waals surface area contributed by atoms with Gasteiger partial charge in [0.1, 0.15) is 5.75 Å². The van der Waals surface area contributed by atoms with E-state index in [0.717, 1.165) is 29.8 Å². The number of aliphatic carboxylic acids is 1. The van der Waals surface area contributed by atoms with Gasteiger partial charge in [-0.2, -0.15) is 0 Å². The van der Waals surface area contributed by atoms with E-state index in [2.05, 4.69) is 11.8 Å². The molecule has 0 unspecified atom stereocenters. The maximum atomic E-state index is 12.7. The van der Waals surface area contributed by atoms with E-state index < -0.39 is 5.97 Å². The number of ether oxygens (including phenoxy) is 1. The van der Waals surface area contributed by atoms with E-state index in [1.54, 1.807) is 0 Å². The van der Waals surface area contributed by atoms with Crippen molar-refractivity contribution in [3.05, 3.63) is 65.2 Å². The maximum Gasteiger partial charge on any atom is 0.341 e. The molecule has 1 heterocycles. The smallest absolute Gasteiger partial charge is 0.341 e. The van der Waals surface area contributed by atoms with Crippen molar-refractivity contribution in [2.75, 3.05) is 26.2 Å². The van der Waals surface area contributed by atoms with Crippen molar-refractivity contribution in [3.63, 3.8) is 0 Å². The summed E-state index contributed by atoms with van der Waals surface area (Å²) in [6, 6.07) is 15.7. The number of rotatable bonds is 7. The number of carbonyl (C=O) groups excluding carboxylic acids is 1. The lowest BCUT2D eigenvalue weighted by Crippen LogP contribution is -2.54. The van der Waals surface area contributed by atoms with Gasteiger partial charge >= 0.3 is 5.97 Å². The number of piperazine rings is 1. The summed E-state index contributed by atoms with van der Waals surface area (Å²) in [5.41, 5.74) is 3.11. The van der Waals surface area contributed by atoms with E-state index in [1.165, 1.54) is 0 Å². The first-order valence-corrected chi connectivity index (χ1v) is 9.92. The van der Waals surface area contributed by atoms with Crippen LogP contribution in [0, 0.1) is 6.92 Å². The minimum atomic E-state index is -0.990. The second-order valence-electron chi connectivity index (χ2n) is 7.63. The average Bonchev–Trinajstić information content (AvgIpc) is 2.68. The Morgan fingerprint density at radius 3 is 2.59 bits per heavy atom. The number of amides is 1. The molecule has 1 atom stereocenters. The molecule has 154 valence electrons. The predicted octanol–water partition coefficient (Wildman–Crippen LogP) is 2.73. The Hall–Kier alpha value is -2.86. The number of carboxylic acids is 1. The minimum Gasteiger partial charge on any atom is -0.482 e. The van der Waals surface area contributed by atoms with Crippen LogP contribution in [0.5, 0.6) is 5.75 Å².